The van der Waals surface area contributed by atoms with Crippen molar-refractivity contribution in [1.82, 2.24) is 15.1 Å². The summed E-state index contributed by atoms with van der Waals surface area (Å²) in [5, 5.41) is 7.62. The van der Waals surface area contributed by atoms with Crippen molar-refractivity contribution in [1.29, 1.82) is 0 Å². The van der Waals surface area contributed by atoms with Crippen LogP contribution in [0.1, 0.15) is 28.8 Å². The number of hydrogen-bond acceptors (Lipinski definition) is 3. The maximum absolute atomic E-state index is 14.4. The molecule has 0 radical (unpaired) electrons. The van der Waals surface area contributed by atoms with Crippen molar-refractivity contribution in [3.05, 3.63) is 107 Å². The molecule has 5 nitrogen and oxygen atoms in total. The van der Waals surface area contributed by atoms with E-state index in [9.17, 15) is 9.18 Å². The molecule has 0 fully saturated rings. The van der Waals surface area contributed by atoms with Crippen molar-refractivity contribution in [2.75, 3.05) is 0 Å². The number of hydrogen-bond donors (Lipinski definition) is 1. The summed E-state index contributed by atoms with van der Waals surface area (Å²) >= 11 is 0. The molecule has 0 bridgehead atoms. The van der Waals surface area contributed by atoms with E-state index in [1.165, 1.54) is 6.07 Å². The highest BCUT2D eigenvalue weighted by Gasteiger charge is 2.21. The molecule has 168 valence electrons. The van der Waals surface area contributed by atoms with Gasteiger partial charge >= 0.3 is 0 Å². The predicted octanol–water partition coefficient (Wildman–Crippen LogP) is 5.67. The third-order valence-electron chi connectivity index (χ3n) is 5.46. The molecule has 0 saturated heterocycles. The van der Waals surface area contributed by atoms with Crippen LogP contribution in [-0.4, -0.2) is 15.7 Å². The number of amides is 1. The lowest BCUT2D eigenvalue weighted by Gasteiger charge is -2.13. The van der Waals surface area contributed by atoms with Crippen LogP contribution in [0.3, 0.4) is 0 Å². The zero-order valence-corrected chi connectivity index (χ0v) is 18.7. The largest absolute Gasteiger partial charge is 0.436 e. The van der Waals surface area contributed by atoms with Gasteiger partial charge in [0, 0.05) is 18.5 Å². The van der Waals surface area contributed by atoms with Crippen molar-refractivity contribution in [3.63, 3.8) is 0 Å². The summed E-state index contributed by atoms with van der Waals surface area (Å²) in [5.74, 6) is 0.00255. The number of aromatic nitrogens is 2. The average Bonchev–Trinajstić information content (AvgIpc) is 3.13. The molecule has 1 amide bonds. The zero-order valence-electron chi connectivity index (χ0n) is 18.7. The van der Waals surface area contributed by atoms with E-state index in [2.05, 4.69) is 10.4 Å². The quantitative estimate of drug-likeness (QED) is 0.382. The van der Waals surface area contributed by atoms with Gasteiger partial charge in [0.15, 0.2) is 11.6 Å². The molecule has 1 heterocycles. The lowest BCUT2D eigenvalue weighted by molar-refractivity contribution is -0.121. The number of benzene rings is 3. The summed E-state index contributed by atoms with van der Waals surface area (Å²) in [5.41, 5.74) is 4.40. The fraction of sp³-hybridized carbons (Fsp3) is 0.185. The van der Waals surface area contributed by atoms with Crippen molar-refractivity contribution in [3.8, 4) is 17.3 Å². The zero-order chi connectivity index (χ0) is 23.2. The maximum atomic E-state index is 14.4. The molecule has 4 aromatic rings. The minimum Gasteiger partial charge on any atom is -0.436 e. The van der Waals surface area contributed by atoms with Crippen LogP contribution < -0.4 is 10.1 Å². The first kappa shape index (κ1) is 22.3. The van der Waals surface area contributed by atoms with E-state index in [-0.39, 0.29) is 18.1 Å². The average molecular weight is 444 g/mol. The van der Waals surface area contributed by atoms with Gasteiger partial charge in [-0.3, -0.25) is 4.79 Å². The maximum Gasteiger partial charge on any atom is 0.226 e. The highest BCUT2D eigenvalue weighted by Crippen LogP contribution is 2.33. The summed E-state index contributed by atoms with van der Waals surface area (Å²) in [7, 11) is 0. The molecule has 0 spiro atoms. The van der Waals surface area contributed by atoms with E-state index >= 15 is 0 Å². The van der Waals surface area contributed by atoms with E-state index in [4.69, 9.17) is 4.74 Å². The first-order valence-electron chi connectivity index (χ1n) is 10.9. The predicted molar refractivity (Wildman–Crippen MR) is 126 cm³/mol. The summed E-state index contributed by atoms with van der Waals surface area (Å²) < 4.78 is 22.1. The Morgan fingerprint density at radius 2 is 1.67 bits per heavy atom. The Morgan fingerprint density at radius 3 is 2.42 bits per heavy atom. The first-order valence-corrected chi connectivity index (χ1v) is 10.9. The van der Waals surface area contributed by atoms with Gasteiger partial charge in [-0.2, -0.15) is 9.78 Å². The summed E-state index contributed by atoms with van der Waals surface area (Å²) in [6, 6.07) is 23.8. The van der Waals surface area contributed by atoms with Gasteiger partial charge in [0.2, 0.25) is 11.8 Å². The smallest absolute Gasteiger partial charge is 0.226 e. The van der Waals surface area contributed by atoms with Crippen LogP contribution >= 0.6 is 0 Å². The van der Waals surface area contributed by atoms with Crippen LogP contribution in [0.15, 0.2) is 78.9 Å². The third kappa shape index (κ3) is 5.29. The van der Waals surface area contributed by atoms with Gasteiger partial charge < -0.3 is 10.1 Å². The van der Waals surface area contributed by atoms with Crippen LogP contribution in [0.2, 0.25) is 0 Å². The van der Waals surface area contributed by atoms with E-state index in [0.717, 1.165) is 28.1 Å². The van der Waals surface area contributed by atoms with Crippen LogP contribution in [0, 0.1) is 19.7 Å². The van der Waals surface area contributed by atoms with Gasteiger partial charge in [-0.15, -0.1) is 0 Å². The van der Waals surface area contributed by atoms with Crippen LogP contribution in [0.5, 0.6) is 11.6 Å². The Bertz CT molecular complexity index is 1250. The number of carbonyl (C=O) groups is 1. The van der Waals surface area contributed by atoms with Gasteiger partial charge in [0.1, 0.15) is 0 Å². The number of halogens is 1. The highest BCUT2D eigenvalue weighted by atomic mass is 19.1. The topological polar surface area (TPSA) is 56.2 Å². The molecule has 0 saturated carbocycles. The Labute approximate surface area is 192 Å². The molecule has 1 aromatic heterocycles. The molecule has 6 heteroatoms. The minimum atomic E-state index is -0.459. The Balaban J connectivity index is 1.59. The molecule has 3 aromatic carbocycles. The van der Waals surface area contributed by atoms with Gasteiger partial charge in [-0.1, -0.05) is 60.7 Å². The number of nitrogens with one attached hydrogen (secondary N) is 1. The number of rotatable bonds is 8. The lowest BCUT2D eigenvalue weighted by Crippen LogP contribution is -2.23. The molecule has 4 rings (SSSR count). The number of ether oxygens (including phenoxy) is 1. The number of para-hydroxylation sites is 2. The van der Waals surface area contributed by atoms with E-state index in [1.807, 2.05) is 68.4 Å². The molecule has 0 aliphatic heterocycles. The number of carbonyl (C=O) groups excluding carboxylic acids is 1. The second kappa shape index (κ2) is 10.1. The van der Waals surface area contributed by atoms with E-state index < -0.39 is 5.82 Å². The molecule has 0 aliphatic rings. The van der Waals surface area contributed by atoms with Crippen molar-refractivity contribution >= 4 is 5.91 Å². The molecule has 33 heavy (non-hydrogen) atoms. The molecule has 0 aliphatic carbocycles. The lowest BCUT2D eigenvalue weighted by atomic mass is 10.1. The molecular weight excluding hydrogens is 417 g/mol. The SMILES string of the molecule is Cc1ccccc1-n1nc(C)c(CCC(=O)NCc2ccccc2)c1Oc1ccccc1F. The Hall–Kier alpha value is -3.93. The summed E-state index contributed by atoms with van der Waals surface area (Å²) in [6.45, 7) is 4.33. The van der Waals surface area contributed by atoms with Gasteiger partial charge in [-0.25, -0.2) is 4.39 Å². The second-order valence-electron chi connectivity index (χ2n) is 7.86. The number of aryl methyl sites for hydroxylation is 2. The fourth-order valence-electron chi connectivity index (χ4n) is 3.65. The van der Waals surface area contributed by atoms with E-state index in [1.54, 1.807) is 22.9 Å². The van der Waals surface area contributed by atoms with Crippen LogP contribution in [0.25, 0.3) is 5.69 Å². The fourth-order valence-corrected chi connectivity index (χ4v) is 3.65. The van der Waals surface area contributed by atoms with Gasteiger partial charge in [-0.05, 0) is 49.6 Å². The van der Waals surface area contributed by atoms with Gasteiger partial charge in [0.05, 0.1) is 11.4 Å². The minimum absolute atomic E-state index is 0.0706. The third-order valence-corrected chi connectivity index (χ3v) is 5.46. The van der Waals surface area contributed by atoms with E-state index in [0.29, 0.717) is 18.8 Å². The van der Waals surface area contributed by atoms with Crippen molar-refractivity contribution < 1.29 is 13.9 Å². The first-order chi connectivity index (χ1) is 16.0. The van der Waals surface area contributed by atoms with Gasteiger partial charge in [0.25, 0.3) is 0 Å². The molecule has 0 atom stereocenters. The Morgan fingerprint density at radius 1 is 0.970 bits per heavy atom. The van der Waals surface area contributed by atoms with Crippen molar-refractivity contribution in [2.45, 2.75) is 33.2 Å². The Kier molecular flexibility index (Phi) is 6.83. The van der Waals surface area contributed by atoms with Crippen LogP contribution in [-0.2, 0) is 17.8 Å². The van der Waals surface area contributed by atoms with Crippen molar-refractivity contribution in [2.24, 2.45) is 0 Å². The molecule has 0 unspecified atom stereocenters. The summed E-state index contributed by atoms with van der Waals surface area (Å²) in [4.78, 5) is 12.5. The second-order valence-corrected chi connectivity index (χ2v) is 7.86. The monoisotopic (exact) mass is 443 g/mol. The molecule has 1 N–H and O–H groups in total. The number of nitrogens with zero attached hydrogens (tertiary/aromatic N) is 2. The summed E-state index contributed by atoms with van der Waals surface area (Å²) in [6.07, 6.45) is 0.683. The standard InChI is InChI=1S/C27H26FN3O2/c1-19-10-6-8-14-24(19)31-27(33-25-15-9-7-13-23(25)28)22(20(2)30-31)16-17-26(32)29-18-21-11-4-3-5-12-21/h3-15H,16-18H2,1-2H3,(H,29,32). The van der Waals surface area contributed by atoms with Crippen LogP contribution in [0.4, 0.5) is 4.39 Å². The molecular formula is C27H26FN3O2. The normalized spacial score (nSPS) is 10.8. The highest BCUT2D eigenvalue weighted by molar-refractivity contribution is 5.76.